The van der Waals surface area contributed by atoms with Crippen molar-refractivity contribution >= 4 is 11.9 Å². The maximum absolute atomic E-state index is 13.2. The first-order valence-electron chi connectivity index (χ1n) is 8.73. The molecule has 150 valence electrons. The van der Waals surface area contributed by atoms with Crippen molar-refractivity contribution in [2.45, 2.75) is 32.5 Å². The third-order valence-corrected chi connectivity index (χ3v) is 4.44. The number of aliphatic imine (C=N–C) groups is 1. The maximum Gasteiger partial charge on any atom is 0.416 e. The summed E-state index contributed by atoms with van der Waals surface area (Å²) in [6, 6.07) is 2.59. The normalized spacial score (nSPS) is 16.4. The first-order valence-corrected chi connectivity index (χ1v) is 8.73. The predicted octanol–water partition coefficient (Wildman–Crippen LogP) is 3.20. The van der Waals surface area contributed by atoms with Crippen molar-refractivity contribution in [1.29, 1.82) is 0 Å². The number of carbonyl (C=O) groups excluding carboxylic acids is 1. The van der Waals surface area contributed by atoms with E-state index >= 15 is 0 Å². The number of methoxy groups -OCH3 is 1. The fourth-order valence-electron chi connectivity index (χ4n) is 3.03. The maximum atomic E-state index is 13.2. The van der Waals surface area contributed by atoms with Gasteiger partial charge in [-0.05, 0) is 37.5 Å². The Labute approximate surface area is 155 Å². The van der Waals surface area contributed by atoms with Gasteiger partial charge in [-0.15, -0.1) is 0 Å². The standard InChI is InChI=1S/C18H23F4N3O2/c1-3-23-17(25-8-6-12(7-9-25)16(26)27-2)24-11-13-4-5-14(19)10-15(13)18(20,21)22/h4-5,10,12H,3,6-9,11H2,1-2H3,(H,23,24). The highest BCUT2D eigenvalue weighted by atomic mass is 19.4. The monoisotopic (exact) mass is 389 g/mol. The SMILES string of the molecule is CCNC(=NCc1ccc(F)cc1C(F)(F)F)N1CCC(C(=O)OC)CC1. The number of piperidine rings is 1. The van der Waals surface area contributed by atoms with Gasteiger partial charge >= 0.3 is 12.1 Å². The number of carbonyl (C=O) groups is 1. The highest BCUT2D eigenvalue weighted by Crippen LogP contribution is 2.33. The Balaban J connectivity index is 2.14. The molecule has 1 heterocycles. The third-order valence-electron chi connectivity index (χ3n) is 4.44. The van der Waals surface area contributed by atoms with E-state index in [1.54, 1.807) is 0 Å². The fourth-order valence-corrected chi connectivity index (χ4v) is 3.03. The number of nitrogens with one attached hydrogen (secondary N) is 1. The lowest BCUT2D eigenvalue weighted by molar-refractivity contribution is -0.146. The van der Waals surface area contributed by atoms with Crippen LogP contribution in [0.15, 0.2) is 23.2 Å². The van der Waals surface area contributed by atoms with Gasteiger partial charge in [0, 0.05) is 19.6 Å². The molecule has 0 bridgehead atoms. The molecule has 1 saturated heterocycles. The van der Waals surface area contributed by atoms with Gasteiger partial charge in [-0.2, -0.15) is 13.2 Å². The van der Waals surface area contributed by atoms with Crippen molar-refractivity contribution in [3.63, 3.8) is 0 Å². The van der Waals surface area contributed by atoms with Crippen LogP contribution < -0.4 is 5.32 Å². The van der Waals surface area contributed by atoms with Gasteiger partial charge in [0.25, 0.3) is 0 Å². The summed E-state index contributed by atoms with van der Waals surface area (Å²) in [5, 5.41) is 3.05. The van der Waals surface area contributed by atoms with E-state index in [0.717, 1.165) is 12.1 Å². The zero-order valence-electron chi connectivity index (χ0n) is 15.3. The number of alkyl halides is 3. The summed E-state index contributed by atoms with van der Waals surface area (Å²) in [6.45, 7) is 3.26. The average Bonchev–Trinajstić information content (AvgIpc) is 2.64. The number of halogens is 4. The summed E-state index contributed by atoms with van der Waals surface area (Å²) in [5.41, 5.74) is -1.12. The second kappa shape index (κ2) is 9.05. The van der Waals surface area contributed by atoms with Gasteiger partial charge in [-0.1, -0.05) is 6.07 Å². The molecule has 9 heteroatoms. The smallest absolute Gasteiger partial charge is 0.416 e. The summed E-state index contributed by atoms with van der Waals surface area (Å²) < 4.78 is 57.3. The molecule has 0 aliphatic carbocycles. The minimum Gasteiger partial charge on any atom is -0.469 e. The highest BCUT2D eigenvalue weighted by Gasteiger charge is 2.34. The number of guanidine groups is 1. The molecule has 0 atom stereocenters. The molecule has 0 radical (unpaired) electrons. The van der Waals surface area contributed by atoms with E-state index in [1.165, 1.54) is 7.11 Å². The molecule has 0 spiro atoms. The fraction of sp³-hybridized carbons (Fsp3) is 0.556. The Morgan fingerprint density at radius 3 is 2.56 bits per heavy atom. The van der Waals surface area contributed by atoms with Crippen LogP contribution in [0.3, 0.4) is 0 Å². The van der Waals surface area contributed by atoms with Crippen LogP contribution in [0, 0.1) is 11.7 Å². The Morgan fingerprint density at radius 2 is 2.00 bits per heavy atom. The number of hydrogen-bond donors (Lipinski definition) is 1. The Kier molecular flexibility index (Phi) is 7.04. The van der Waals surface area contributed by atoms with E-state index in [1.807, 2.05) is 11.8 Å². The van der Waals surface area contributed by atoms with Crippen LogP contribution in [-0.4, -0.2) is 43.6 Å². The van der Waals surface area contributed by atoms with Crippen molar-refractivity contribution in [2.24, 2.45) is 10.9 Å². The Bertz CT molecular complexity index is 684. The number of benzene rings is 1. The minimum absolute atomic E-state index is 0.0938. The van der Waals surface area contributed by atoms with Crippen LogP contribution in [0.5, 0.6) is 0 Å². The van der Waals surface area contributed by atoms with Crippen LogP contribution in [0.4, 0.5) is 17.6 Å². The molecule has 0 unspecified atom stereocenters. The second-order valence-corrected chi connectivity index (χ2v) is 6.25. The highest BCUT2D eigenvalue weighted by molar-refractivity contribution is 5.80. The molecule has 1 aliphatic heterocycles. The number of nitrogens with zero attached hydrogens (tertiary/aromatic N) is 2. The van der Waals surface area contributed by atoms with E-state index < -0.39 is 17.6 Å². The molecule has 0 saturated carbocycles. The van der Waals surface area contributed by atoms with E-state index in [4.69, 9.17) is 4.74 Å². The molecule has 5 nitrogen and oxygen atoms in total. The Hall–Kier alpha value is -2.32. The Morgan fingerprint density at radius 1 is 1.33 bits per heavy atom. The largest absolute Gasteiger partial charge is 0.469 e. The van der Waals surface area contributed by atoms with Crippen molar-refractivity contribution in [3.05, 3.63) is 35.1 Å². The van der Waals surface area contributed by atoms with E-state index in [9.17, 15) is 22.4 Å². The summed E-state index contributed by atoms with van der Waals surface area (Å²) in [7, 11) is 1.35. The van der Waals surface area contributed by atoms with E-state index in [-0.39, 0.29) is 24.0 Å². The van der Waals surface area contributed by atoms with Gasteiger partial charge < -0.3 is 15.0 Å². The molecule has 1 aromatic rings. The first kappa shape index (κ1) is 21.0. The lowest BCUT2D eigenvalue weighted by Crippen LogP contribution is -2.46. The van der Waals surface area contributed by atoms with Crippen molar-refractivity contribution in [2.75, 3.05) is 26.7 Å². The molecule has 2 rings (SSSR count). The number of ether oxygens (including phenoxy) is 1. The molecule has 0 aromatic heterocycles. The molecule has 1 aliphatic rings. The minimum atomic E-state index is -4.65. The lowest BCUT2D eigenvalue weighted by atomic mass is 9.97. The third kappa shape index (κ3) is 5.58. The summed E-state index contributed by atoms with van der Waals surface area (Å²) in [4.78, 5) is 17.8. The van der Waals surface area contributed by atoms with Gasteiger partial charge in [0.05, 0.1) is 25.1 Å². The topological polar surface area (TPSA) is 53.9 Å². The van der Waals surface area contributed by atoms with Crippen LogP contribution >= 0.6 is 0 Å². The molecule has 1 N–H and O–H groups in total. The van der Waals surface area contributed by atoms with Gasteiger partial charge in [0.15, 0.2) is 5.96 Å². The second-order valence-electron chi connectivity index (χ2n) is 6.25. The number of hydrogen-bond acceptors (Lipinski definition) is 3. The molecule has 27 heavy (non-hydrogen) atoms. The van der Waals surface area contributed by atoms with Crippen molar-refractivity contribution in [1.82, 2.24) is 10.2 Å². The average molecular weight is 389 g/mol. The van der Waals surface area contributed by atoms with Gasteiger partial charge in [0.1, 0.15) is 5.82 Å². The van der Waals surface area contributed by atoms with Crippen LogP contribution in [0.1, 0.15) is 30.9 Å². The molecular formula is C18H23F4N3O2. The van der Waals surface area contributed by atoms with Crippen LogP contribution in [-0.2, 0) is 22.3 Å². The lowest BCUT2D eigenvalue weighted by Gasteiger charge is -2.33. The molecule has 1 fully saturated rings. The van der Waals surface area contributed by atoms with Crippen molar-refractivity contribution in [3.8, 4) is 0 Å². The molecule has 1 aromatic carbocycles. The number of rotatable bonds is 4. The van der Waals surface area contributed by atoms with E-state index in [0.29, 0.717) is 44.5 Å². The van der Waals surface area contributed by atoms with Gasteiger partial charge in [-0.25, -0.2) is 9.38 Å². The van der Waals surface area contributed by atoms with E-state index in [2.05, 4.69) is 10.3 Å². The predicted molar refractivity (Wildman–Crippen MR) is 92.5 cm³/mol. The van der Waals surface area contributed by atoms with Gasteiger partial charge in [0.2, 0.25) is 0 Å². The molecule has 0 amide bonds. The number of likely N-dealkylation sites (tertiary alicyclic amines) is 1. The molecular weight excluding hydrogens is 366 g/mol. The zero-order valence-corrected chi connectivity index (χ0v) is 15.3. The van der Waals surface area contributed by atoms with Crippen LogP contribution in [0.2, 0.25) is 0 Å². The number of esters is 1. The summed E-state index contributed by atoms with van der Waals surface area (Å²) >= 11 is 0. The van der Waals surface area contributed by atoms with Gasteiger partial charge in [-0.3, -0.25) is 4.79 Å². The summed E-state index contributed by atoms with van der Waals surface area (Å²) in [6.07, 6.45) is -3.48. The van der Waals surface area contributed by atoms with Crippen LogP contribution in [0.25, 0.3) is 0 Å². The zero-order chi connectivity index (χ0) is 20.0. The first-order chi connectivity index (χ1) is 12.8. The quantitative estimate of drug-likeness (QED) is 0.372. The summed E-state index contributed by atoms with van der Waals surface area (Å²) in [5.74, 6) is -0.897. The van der Waals surface area contributed by atoms with Crippen molar-refractivity contribution < 1.29 is 27.1 Å².